The predicted molar refractivity (Wildman–Crippen MR) is 120 cm³/mol. The van der Waals surface area contributed by atoms with Crippen molar-refractivity contribution in [3.63, 3.8) is 0 Å². The van der Waals surface area contributed by atoms with Gasteiger partial charge >= 0.3 is 6.36 Å². The monoisotopic (exact) mass is 477 g/mol. The zero-order valence-corrected chi connectivity index (χ0v) is 19.8. The highest BCUT2D eigenvalue weighted by Gasteiger charge is 2.47. The van der Waals surface area contributed by atoms with Crippen LogP contribution in [0.25, 0.3) is 0 Å². The van der Waals surface area contributed by atoms with Gasteiger partial charge in [0.15, 0.2) is 0 Å². The minimum Gasteiger partial charge on any atom is -0.343 e. The van der Waals surface area contributed by atoms with Gasteiger partial charge in [0.2, 0.25) is 5.91 Å². The van der Waals surface area contributed by atoms with Gasteiger partial charge in [-0.15, -0.1) is 19.1 Å². The van der Waals surface area contributed by atoms with Crippen molar-refractivity contribution in [3.8, 4) is 11.8 Å². The van der Waals surface area contributed by atoms with Crippen molar-refractivity contribution in [1.82, 2.24) is 4.90 Å². The van der Waals surface area contributed by atoms with Gasteiger partial charge in [0.25, 0.3) is 0 Å². The molecule has 184 valence electrons. The highest BCUT2D eigenvalue weighted by atomic mass is 19.4. The van der Waals surface area contributed by atoms with Gasteiger partial charge in [-0.2, -0.15) is 0 Å². The number of alkyl halides is 3. The molecule has 2 fully saturated rings. The molecule has 3 rings (SSSR count). The van der Waals surface area contributed by atoms with Crippen LogP contribution in [0, 0.1) is 31.1 Å². The predicted octanol–water partition coefficient (Wildman–Crippen LogP) is 4.62. The number of likely N-dealkylation sites (tertiary alicyclic amines) is 1. The number of rotatable bonds is 5. The number of Topliss-reactive ketones (excluding diaryl/α,β-unsaturated/α-hetero) is 2. The molecular formula is C26H30F3NO4. The summed E-state index contributed by atoms with van der Waals surface area (Å²) in [7, 11) is 0. The van der Waals surface area contributed by atoms with Crippen LogP contribution in [0.4, 0.5) is 13.2 Å². The molecule has 0 radical (unpaired) electrons. The second kappa shape index (κ2) is 10.3. The molecule has 0 N–H and O–H groups in total. The molecule has 1 amide bonds. The number of ketones is 2. The second-order valence-electron chi connectivity index (χ2n) is 9.40. The van der Waals surface area contributed by atoms with Gasteiger partial charge < -0.3 is 4.90 Å². The third-order valence-corrected chi connectivity index (χ3v) is 6.87. The molecule has 8 heteroatoms. The first kappa shape index (κ1) is 26.0. The van der Waals surface area contributed by atoms with Crippen molar-refractivity contribution in [1.29, 1.82) is 0 Å². The molecule has 0 atom stereocenters. The number of hydrogen-bond donors (Lipinski definition) is 0. The summed E-state index contributed by atoms with van der Waals surface area (Å²) >= 11 is 0. The van der Waals surface area contributed by atoms with Crippen LogP contribution in [0.3, 0.4) is 0 Å². The fraction of sp³-hybridized carbons (Fsp3) is 0.577. The van der Waals surface area contributed by atoms with Gasteiger partial charge in [-0.3, -0.25) is 19.1 Å². The first-order chi connectivity index (χ1) is 15.9. The molecule has 1 aromatic rings. The normalized spacial score (nSPS) is 18.7. The number of halogens is 3. The number of ether oxygens (including phenoxy) is 1. The average molecular weight is 478 g/mol. The summed E-state index contributed by atoms with van der Waals surface area (Å²) in [5, 5.41) is 0. The Kier molecular flexibility index (Phi) is 7.87. The highest BCUT2D eigenvalue weighted by molar-refractivity contribution is 6.10. The molecule has 1 saturated carbocycles. The maximum atomic E-state index is 13.2. The summed E-state index contributed by atoms with van der Waals surface area (Å²) in [5.74, 6) is 4.72. The molecule has 0 unspecified atom stereocenters. The van der Waals surface area contributed by atoms with E-state index >= 15 is 0 Å². The second-order valence-corrected chi connectivity index (χ2v) is 9.40. The summed E-state index contributed by atoms with van der Waals surface area (Å²) < 4.78 is 39.9. The highest BCUT2D eigenvalue weighted by Crippen LogP contribution is 2.46. The first-order valence-corrected chi connectivity index (χ1v) is 11.5. The van der Waals surface area contributed by atoms with Crippen molar-refractivity contribution in [2.75, 3.05) is 19.7 Å². The van der Waals surface area contributed by atoms with E-state index in [0.29, 0.717) is 38.8 Å². The summed E-state index contributed by atoms with van der Waals surface area (Å²) in [4.78, 5) is 40.4. The molecule has 1 saturated heterocycles. The fourth-order valence-corrected chi connectivity index (χ4v) is 5.31. The van der Waals surface area contributed by atoms with Crippen LogP contribution in [-0.2, 0) is 19.1 Å². The first-order valence-electron chi connectivity index (χ1n) is 11.5. The molecule has 1 spiro atoms. The van der Waals surface area contributed by atoms with Gasteiger partial charge in [0, 0.05) is 37.9 Å². The molecule has 0 bridgehead atoms. The van der Waals surface area contributed by atoms with E-state index in [4.69, 9.17) is 0 Å². The van der Waals surface area contributed by atoms with Crippen LogP contribution in [0.2, 0.25) is 0 Å². The third-order valence-electron chi connectivity index (χ3n) is 6.87. The Morgan fingerprint density at radius 3 is 2.18 bits per heavy atom. The van der Waals surface area contributed by atoms with Crippen molar-refractivity contribution in [3.05, 3.63) is 34.4 Å². The molecule has 1 heterocycles. The van der Waals surface area contributed by atoms with E-state index in [1.54, 1.807) is 11.8 Å². The zero-order chi connectivity index (χ0) is 25.1. The van der Waals surface area contributed by atoms with Crippen molar-refractivity contribution < 1.29 is 32.3 Å². The largest absolute Gasteiger partial charge is 0.522 e. The Morgan fingerprint density at radius 2 is 1.68 bits per heavy atom. The van der Waals surface area contributed by atoms with Gasteiger partial charge in [0.05, 0.1) is 6.61 Å². The molecular weight excluding hydrogens is 447 g/mol. The minimum absolute atomic E-state index is 0.0139. The number of benzene rings is 1. The van der Waals surface area contributed by atoms with Crippen molar-refractivity contribution in [2.45, 2.75) is 71.6 Å². The van der Waals surface area contributed by atoms with Gasteiger partial charge in [-0.25, -0.2) is 0 Å². The number of aryl methyl sites for hydroxylation is 2. The third kappa shape index (κ3) is 6.06. The fourth-order valence-electron chi connectivity index (χ4n) is 5.31. The quantitative estimate of drug-likeness (QED) is 0.353. The smallest absolute Gasteiger partial charge is 0.343 e. The lowest BCUT2D eigenvalue weighted by Crippen LogP contribution is -2.48. The Morgan fingerprint density at radius 1 is 1.12 bits per heavy atom. The number of carbonyl (C=O) groups excluding carboxylic acids is 3. The van der Waals surface area contributed by atoms with Gasteiger partial charge in [-0.1, -0.05) is 5.92 Å². The topological polar surface area (TPSA) is 63.7 Å². The Balaban J connectivity index is 1.61. The number of carbonyl (C=O) groups is 3. The standard InChI is InChI=1S/C26H30F3NO4/c1-4-6-19-13-17(2)23(18(3)14-19)24-20(31)15-25(16-21(24)32)8-10-30(11-9-25)22(33)7-5-12-34-26(27,28)29/h13-14,24H,5,7-12,15-16H2,1-3H3. The van der Waals surface area contributed by atoms with E-state index in [0.717, 1.165) is 22.3 Å². The number of hydrogen-bond acceptors (Lipinski definition) is 4. The maximum Gasteiger partial charge on any atom is 0.522 e. The lowest BCUT2D eigenvalue weighted by atomic mass is 9.62. The number of nitrogens with zero attached hydrogens (tertiary/aromatic N) is 1. The lowest BCUT2D eigenvalue weighted by Gasteiger charge is -2.45. The van der Waals surface area contributed by atoms with E-state index in [2.05, 4.69) is 16.6 Å². The van der Waals surface area contributed by atoms with E-state index in [-0.39, 0.29) is 30.3 Å². The summed E-state index contributed by atoms with van der Waals surface area (Å²) in [6, 6.07) is 3.82. The van der Waals surface area contributed by atoms with Crippen LogP contribution in [0.1, 0.15) is 73.6 Å². The van der Waals surface area contributed by atoms with Gasteiger partial charge in [-0.05, 0) is 74.3 Å². The Bertz CT molecular complexity index is 984. The molecule has 34 heavy (non-hydrogen) atoms. The number of piperidine rings is 1. The lowest BCUT2D eigenvalue weighted by molar-refractivity contribution is -0.324. The van der Waals surface area contributed by atoms with Crippen LogP contribution in [0.5, 0.6) is 0 Å². The molecule has 1 aliphatic heterocycles. The average Bonchev–Trinajstić information content (AvgIpc) is 2.72. The van der Waals surface area contributed by atoms with Crippen LogP contribution < -0.4 is 0 Å². The van der Waals surface area contributed by atoms with E-state index in [1.807, 2.05) is 26.0 Å². The molecule has 1 aliphatic carbocycles. The molecule has 2 aliphatic rings. The van der Waals surface area contributed by atoms with Crippen LogP contribution >= 0.6 is 0 Å². The van der Waals surface area contributed by atoms with Gasteiger partial charge in [0.1, 0.15) is 17.5 Å². The van der Waals surface area contributed by atoms with Crippen LogP contribution in [0.15, 0.2) is 12.1 Å². The Hall–Kier alpha value is -2.66. The maximum absolute atomic E-state index is 13.2. The molecule has 5 nitrogen and oxygen atoms in total. The zero-order valence-electron chi connectivity index (χ0n) is 19.8. The number of amides is 1. The SMILES string of the molecule is CC#Cc1cc(C)c(C2C(=O)CC3(CCN(C(=O)CCCOC(F)(F)F)CC3)CC2=O)c(C)c1. The van der Waals surface area contributed by atoms with Crippen LogP contribution in [-0.4, -0.2) is 48.4 Å². The molecule has 1 aromatic carbocycles. The summed E-state index contributed by atoms with van der Waals surface area (Å²) in [6.07, 6.45) is -3.09. The summed E-state index contributed by atoms with van der Waals surface area (Å²) in [5.41, 5.74) is 2.96. The molecule has 0 aromatic heterocycles. The van der Waals surface area contributed by atoms with Crippen molar-refractivity contribution >= 4 is 17.5 Å². The minimum atomic E-state index is -4.69. The van der Waals surface area contributed by atoms with Crippen molar-refractivity contribution in [2.24, 2.45) is 5.41 Å². The van der Waals surface area contributed by atoms with E-state index in [1.165, 1.54) is 0 Å². The Labute approximate surface area is 198 Å². The van der Waals surface area contributed by atoms with E-state index in [9.17, 15) is 27.6 Å². The van der Waals surface area contributed by atoms with E-state index < -0.39 is 24.3 Å². The summed E-state index contributed by atoms with van der Waals surface area (Å²) in [6.45, 7) is 5.80.